The minimum absolute atomic E-state index is 0.0750. The summed E-state index contributed by atoms with van der Waals surface area (Å²) < 4.78 is 0. The zero-order valence-corrected chi connectivity index (χ0v) is 12.4. The van der Waals surface area contributed by atoms with E-state index in [1.165, 1.54) is 22.3 Å². The van der Waals surface area contributed by atoms with Gasteiger partial charge in [-0.25, -0.2) is 0 Å². The lowest BCUT2D eigenvalue weighted by molar-refractivity contribution is -0.120. The first-order valence-electron chi connectivity index (χ1n) is 6.49. The van der Waals surface area contributed by atoms with E-state index in [1.807, 2.05) is 0 Å². The van der Waals surface area contributed by atoms with Crippen LogP contribution in [0, 0.1) is 5.92 Å². The summed E-state index contributed by atoms with van der Waals surface area (Å²) in [4.78, 5) is 12.2. The Kier molecular flexibility index (Phi) is 5.51. The van der Waals surface area contributed by atoms with Crippen molar-refractivity contribution in [3.8, 4) is 0 Å². The number of Topliss-reactive ketones (excluding diaryl/α,β-unsaturated/α-hetero) is 1. The maximum Gasteiger partial charge on any atom is 0.144 e. The fraction of sp³-hybridized carbons (Fsp3) is 0.667. The Bertz CT molecular complexity index is 339. The van der Waals surface area contributed by atoms with Gasteiger partial charge in [-0.1, -0.05) is 17.6 Å². The van der Waals surface area contributed by atoms with Crippen molar-refractivity contribution in [2.75, 3.05) is 5.75 Å². The van der Waals surface area contributed by atoms with E-state index in [1.54, 1.807) is 0 Å². The van der Waals surface area contributed by atoms with Crippen molar-refractivity contribution in [1.82, 2.24) is 0 Å². The fourth-order valence-electron chi connectivity index (χ4n) is 2.56. The standard InChI is InChI=1S/C15H24OS/c1-10-11(2)13(4)15(12(10)3)14(16)8-6-5-7-9-17/h15,17H,5-9H2,1-4H3. The molecule has 0 atom stereocenters. The average Bonchev–Trinajstić information content (AvgIpc) is 2.49. The number of thiol groups is 1. The third kappa shape index (κ3) is 3.25. The minimum Gasteiger partial charge on any atom is -0.299 e. The van der Waals surface area contributed by atoms with Crippen molar-refractivity contribution in [2.45, 2.75) is 53.4 Å². The van der Waals surface area contributed by atoms with E-state index in [4.69, 9.17) is 0 Å². The molecule has 0 bridgehead atoms. The summed E-state index contributed by atoms with van der Waals surface area (Å²) >= 11 is 4.18. The van der Waals surface area contributed by atoms with Gasteiger partial charge in [0.15, 0.2) is 0 Å². The summed E-state index contributed by atoms with van der Waals surface area (Å²) in [5, 5.41) is 0. The van der Waals surface area contributed by atoms with Crippen LogP contribution in [0.5, 0.6) is 0 Å². The van der Waals surface area contributed by atoms with E-state index < -0.39 is 0 Å². The van der Waals surface area contributed by atoms with Crippen molar-refractivity contribution in [1.29, 1.82) is 0 Å². The van der Waals surface area contributed by atoms with Crippen LogP contribution in [0.15, 0.2) is 22.3 Å². The lowest BCUT2D eigenvalue weighted by Crippen LogP contribution is -2.15. The Morgan fingerprint density at radius 2 is 1.53 bits per heavy atom. The first-order valence-corrected chi connectivity index (χ1v) is 7.12. The number of carbonyl (C=O) groups is 1. The number of carbonyl (C=O) groups excluding carboxylic acids is 1. The minimum atomic E-state index is 0.0750. The highest BCUT2D eigenvalue weighted by atomic mass is 32.1. The van der Waals surface area contributed by atoms with E-state index in [-0.39, 0.29) is 5.92 Å². The van der Waals surface area contributed by atoms with E-state index in [0.29, 0.717) is 12.2 Å². The van der Waals surface area contributed by atoms with Crippen molar-refractivity contribution in [3.63, 3.8) is 0 Å². The van der Waals surface area contributed by atoms with Gasteiger partial charge in [-0.3, -0.25) is 4.79 Å². The molecule has 1 rings (SSSR count). The van der Waals surface area contributed by atoms with Crippen molar-refractivity contribution < 1.29 is 4.79 Å². The maximum atomic E-state index is 12.2. The van der Waals surface area contributed by atoms with Crippen LogP contribution in [0.2, 0.25) is 0 Å². The molecule has 0 fully saturated rings. The van der Waals surface area contributed by atoms with Crippen LogP contribution in [0.4, 0.5) is 0 Å². The van der Waals surface area contributed by atoms with Gasteiger partial charge in [-0.2, -0.15) is 12.6 Å². The van der Waals surface area contributed by atoms with Gasteiger partial charge in [0.2, 0.25) is 0 Å². The molecule has 0 aliphatic heterocycles. The largest absolute Gasteiger partial charge is 0.299 e. The monoisotopic (exact) mass is 252 g/mol. The summed E-state index contributed by atoms with van der Waals surface area (Å²) in [6.45, 7) is 8.46. The molecule has 0 aromatic carbocycles. The predicted molar refractivity (Wildman–Crippen MR) is 77.6 cm³/mol. The third-order valence-electron chi connectivity index (χ3n) is 4.01. The number of hydrogen-bond acceptors (Lipinski definition) is 2. The topological polar surface area (TPSA) is 17.1 Å². The molecule has 0 aromatic rings. The molecule has 0 heterocycles. The normalized spacial score (nSPS) is 17.2. The Hall–Kier alpha value is -0.500. The van der Waals surface area contributed by atoms with Gasteiger partial charge < -0.3 is 0 Å². The van der Waals surface area contributed by atoms with Gasteiger partial charge in [0.25, 0.3) is 0 Å². The first kappa shape index (κ1) is 14.6. The molecule has 0 radical (unpaired) electrons. The second-order valence-electron chi connectivity index (χ2n) is 5.05. The molecule has 0 saturated carbocycles. The molecule has 1 nitrogen and oxygen atoms in total. The van der Waals surface area contributed by atoms with E-state index >= 15 is 0 Å². The molecular weight excluding hydrogens is 228 g/mol. The Labute approximate surface area is 111 Å². The molecule has 0 spiro atoms. The van der Waals surface area contributed by atoms with Crippen LogP contribution >= 0.6 is 12.6 Å². The van der Waals surface area contributed by atoms with Gasteiger partial charge in [0, 0.05) is 6.42 Å². The number of unbranched alkanes of at least 4 members (excludes halogenated alkanes) is 2. The van der Waals surface area contributed by atoms with Crippen LogP contribution in [0.3, 0.4) is 0 Å². The molecular formula is C15H24OS. The molecule has 0 amide bonds. The summed E-state index contributed by atoms with van der Waals surface area (Å²) in [6.07, 6.45) is 3.95. The summed E-state index contributed by atoms with van der Waals surface area (Å²) in [5.74, 6) is 1.40. The zero-order valence-electron chi connectivity index (χ0n) is 11.5. The average molecular weight is 252 g/mol. The third-order valence-corrected chi connectivity index (χ3v) is 4.33. The van der Waals surface area contributed by atoms with Gasteiger partial charge >= 0.3 is 0 Å². The highest BCUT2D eigenvalue weighted by molar-refractivity contribution is 7.80. The molecule has 17 heavy (non-hydrogen) atoms. The summed E-state index contributed by atoms with van der Waals surface area (Å²) in [7, 11) is 0. The maximum absolute atomic E-state index is 12.2. The second-order valence-corrected chi connectivity index (χ2v) is 5.50. The second kappa shape index (κ2) is 6.44. The van der Waals surface area contributed by atoms with Crippen molar-refractivity contribution in [3.05, 3.63) is 22.3 Å². The van der Waals surface area contributed by atoms with Crippen molar-refractivity contribution in [2.24, 2.45) is 5.92 Å². The van der Waals surface area contributed by atoms with Crippen LogP contribution in [0.25, 0.3) is 0 Å². The quantitative estimate of drug-likeness (QED) is 0.549. The molecule has 0 N–H and O–H groups in total. The van der Waals surface area contributed by atoms with Crippen LogP contribution < -0.4 is 0 Å². The highest BCUT2D eigenvalue weighted by Gasteiger charge is 2.29. The van der Waals surface area contributed by atoms with Gasteiger partial charge in [-0.05, 0) is 57.4 Å². The molecule has 2 heteroatoms. The van der Waals surface area contributed by atoms with Gasteiger partial charge in [0.1, 0.15) is 5.78 Å². The summed E-state index contributed by atoms with van der Waals surface area (Å²) in [6, 6.07) is 0. The molecule has 0 aromatic heterocycles. The van der Waals surface area contributed by atoms with Crippen LogP contribution in [0.1, 0.15) is 53.4 Å². The predicted octanol–water partition coefficient (Wildman–Crippen LogP) is 4.35. The Balaban J connectivity index is 2.59. The van der Waals surface area contributed by atoms with Gasteiger partial charge in [0.05, 0.1) is 5.92 Å². The van der Waals surface area contributed by atoms with E-state index in [9.17, 15) is 4.79 Å². The SMILES string of the molecule is CC1=C(C)C(C(=O)CCCCCS)C(C)=C1C. The molecule has 96 valence electrons. The molecule has 0 saturated heterocycles. The van der Waals surface area contributed by atoms with Crippen molar-refractivity contribution >= 4 is 18.4 Å². The lowest BCUT2D eigenvalue weighted by Gasteiger charge is -2.13. The first-order chi connectivity index (χ1) is 8.00. The number of allylic oxidation sites excluding steroid dienone is 4. The summed E-state index contributed by atoms with van der Waals surface area (Å²) in [5.41, 5.74) is 5.16. The highest BCUT2D eigenvalue weighted by Crippen LogP contribution is 2.37. The van der Waals surface area contributed by atoms with Crippen LogP contribution in [-0.4, -0.2) is 11.5 Å². The van der Waals surface area contributed by atoms with Gasteiger partial charge in [-0.15, -0.1) is 0 Å². The lowest BCUT2D eigenvalue weighted by atomic mass is 9.89. The Morgan fingerprint density at radius 1 is 1.00 bits per heavy atom. The van der Waals surface area contributed by atoms with E-state index in [2.05, 4.69) is 40.3 Å². The molecule has 1 aliphatic carbocycles. The molecule has 1 aliphatic rings. The number of rotatable bonds is 6. The van der Waals surface area contributed by atoms with Crippen LogP contribution in [-0.2, 0) is 4.79 Å². The smallest absolute Gasteiger partial charge is 0.144 e. The Morgan fingerprint density at radius 3 is 2.00 bits per heavy atom. The number of hydrogen-bond donors (Lipinski definition) is 1. The molecule has 0 unspecified atom stereocenters. The van der Waals surface area contributed by atoms with E-state index in [0.717, 1.165) is 25.0 Å². The zero-order chi connectivity index (χ0) is 13.0. The number of ketones is 1. The fourth-order valence-corrected chi connectivity index (χ4v) is 2.79.